The van der Waals surface area contributed by atoms with Gasteiger partial charge in [-0.15, -0.1) is 0 Å². The van der Waals surface area contributed by atoms with Crippen molar-refractivity contribution in [3.8, 4) is 0 Å². The van der Waals surface area contributed by atoms with E-state index in [0.717, 1.165) is 6.54 Å². The SMILES string of the molecule is CCNC1CCN(CC(C)c2ccccc2)C1. The number of hydrogen-bond acceptors (Lipinski definition) is 2. The van der Waals surface area contributed by atoms with Gasteiger partial charge in [0.2, 0.25) is 0 Å². The smallest absolute Gasteiger partial charge is 0.0207 e. The molecule has 2 rings (SSSR count). The van der Waals surface area contributed by atoms with Crippen LogP contribution in [-0.4, -0.2) is 37.1 Å². The van der Waals surface area contributed by atoms with Crippen molar-refractivity contribution in [1.29, 1.82) is 0 Å². The van der Waals surface area contributed by atoms with E-state index in [1.54, 1.807) is 0 Å². The second kappa shape index (κ2) is 6.18. The van der Waals surface area contributed by atoms with Gasteiger partial charge in [-0.1, -0.05) is 44.2 Å². The Balaban J connectivity index is 1.82. The molecular formula is C15H24N2. The van der Waals surface area contributed by atoms with Gasteiger partial charge in [0.15, 0.2) is 0 Å². The quantitative estimate of drug-likeness (QED) is 0.839. The molecule has 2 heteroatoms. The predicted molar refractivity (Wildman–Crippen MR) is 73.4 cm³/mol. The van der Waals surface area contributed by atoms with Gasteiger partial charge in [-0.05, 0) is 31.0 Å². The van der Waals surface area contributed by atoms with Gasteiger partial charge >= 0.3 is 0 Å². The minimum absolute atomic E-state index is 0.636. The van der Waals surface area contributed by atoms with Gasteiger partial charge in [-0.25, -0.2) is 0 Å². The number of rotatable bonds is 5. The first kappa shape index (κ1) is 12.6. The molecule has 0 saturated carbocycles. The molecule has 1 heterocycles. The van der Waals surface area contributed by atoms with E-state index in [1.807, 2.05) is 0 Å². The van der Waals surface area contributed by atoms with Gasteiger partial charge in [-0.2, -0.15) is 0 Å². The maximum atomic E-state index is 3.55. The van der Waals surface area contributed by atoms with Gasteiger partial charge in [0.05, 0.1) is 0 Å². The molecule has 2 nitrogen and oxygen atoms in total. The van der Waals surface area contributed by atoms with Crippen LogP contribution in [0.3, 0.4) is 0 Å². The number of hydrogen-bond donors (Lipinski definition) is 1. The molecule has 94 valence electrons. The third-order valence-corrected chi connectivity index (χ3v) is 3.67. The summed E-state index contributed by atoms with van der Waals surface area (Å²) in [5.74, 6) is 0.636. The van der Waals surface area contributed by atoms with Crippen LogP contribution in [0.25, 0.3) is 0 Å². The first-order valence-corrected chi connectivity index (χ1v) is 6.80. The van der Waals surface area contributed by atoms with Crippen LogP contribution in [0.5, 0.6) is 0 Å². The Labute approximate surface area is 105 Å². The molecule has 17 heavy (non-hydrogen) atoms. The summed E-state index contributed by atoms with van der Waals surface area (Å²) in [6.45, 7) is 9.25. The lowest BCUT2D eigenvalue weighted by Gasteiger charge is -2.21. The van der Waals surface area contributed by atoms with E-state index < -0.39 is 0 Å². The second-order valence-corrected chi connectivity index (χ2v) is 5.11. The molecule has 0 bridgehead atoms. The van der Waals surface area contributed by atoms with Crippen LogP contribution in [0.4, 0.5) is 0 Å². The number of likely N-dealkylation sites (tertiary alicyclic amines) is 1. The Hall–Kier alpha value is -0.860. The number of benzene rings is 1. The highest BCUT2D eigenvalue weighted by Crippen LogP contribution is 2.19. The molecule has 1 aliphatic rings. The first-order valence-electron chi connectivity index (χ1n) is 6.80. The summed E-state index contributed by atoms with van der Waals surface area (Å²) in [7, 11) is 0. The molecule has 2 atom stereocenters. The van der Waals surface area contributed by atoms with Crippen LogP contribution in [-0.2, 0) is 0 Å². The van der Waals surface area contributed by atoms with Gasteiger partial charge in [0.1, 0.15) is 0 Å². The lowest BCUT2D eigenvalue weighted by atomic mass is 10.0. The molecule has 0 spiro atoms. The fraction of sp³-hybridized carbons (Fsp3) is 0.600. The first-order chi connectivity index (χ1) is 8.29. The molecule has 0 amide bonds. The van der Waals surface area contributed by atoms with Crippen LogP contribution in [0.15, 0.2) is 30.3 Å². The summed E-state index contributed by atoms with van der Waals surface area (Å²) in [4.78, 5) is 2.59. The number of nitrogens with one attached hydrogen (secondary N) is 1. The average Bonchev–Trinajstić information content (AvgIpc) is 2.78. The maximum absolute atomic E-state index is 3.55. The van der Waals surface area contributed by atoms with Crippen molar-refractivity contribution in [2.24, 2.45) is 0 Å². The van der Waals surface area contributed by atoms with E-state index in [4.69, 9.17) is 0 Å². The molecule has 1 aromatic carbocycles. The minimum atomic E-state index is 0.636. The lowest BCUT2D eigenvalue weighted by Crippen LogP contribution is -2.33. The van der Waals surface area contributed by atoms with Gasteiger partial charge in [0, 0.05) is 19.1 Å². The second-order valence-electron chi connectivity index (χ2n) is 5.11. The topological polar surface area (TPSA) is 15.3 Å². The molecule has 1 aliphatic heterocycles. The average molecular weight is 232 g/mol. The van der Waals surface area contributed by atoms with E-state index in [0.29, 0.717) is 12.0 Å². The zero-order valence-corrected chi connectivity index (χ0v) is 11.0. The van der Waals surface area contributed by atoms with Crippen molar-refractivity contribution in [3.05, 3.63) is 35.9 Å². The van der Waals surface area contributed by atoms with E-state index in [-0.39, 0.29) is 0 Å². The monoisotopic (exact) mass is 232 g/mol. The van der Waals surface area contributed by atoms with Crippen molar-refractivity contribution >= 4 is 0 Å². The highest BCUT2D eigenvalue weighted by Gasteiger charge is 2.22. The summed E-state index contributed by atoms with van der Waals surface area (Å²) in [5.41, 5.74) is 1.46. The lowest BCUT2D eigenvalue weighted by molar-refractivity contribution is 0.311. The van der Waals surface area contributed by atoms with Crippen LogP contribution in [0.1, 0.15) is 31.7 Å². The van der Waals surface area contributed by atoms with E-state index in [1.165, 1.54) is 31.6 Å². The Bertz CT molecular complexity index is 323. The Morgan fingerprint density at radius 1 is 1.35 bits per heavy atom. The molecule has 2 unspecified atom stereocenters. The van der Waals surface area contributed by atoms with Crippen molar-refractivity contribution in [2.45, 2.75) is 32.2 Å². The van der Waals surface area contributed by atoms with Crippen molar-refractivity contribution < 1.29 is 0 Å². The number of nitrogens with zero attached hydrogens (tertiary/aromatic N) is 1. The van der Waals surface area contributed by atoms with Crippen molar-refractivity contribution in [3.63, 3.8) is 0 Å². The fourth-order valence-electron chi connectivity index (χ4n) is 2.73. The molecule has 0 aromatic heterocycles. The van der Waals surface area contributed by atoms with E-state index in [9.17, 15) is 0 Å². The van der Waals surface area contributed by atoms with Crippen LogP contribution >= 0.6 is 0 Å². The predicted octanol–water partition coefficient (Wildman–Crippen LogP) is 2.47. The number of likely N-dealkylation sites (N-methyl/N-ethyl adjacent to an activating group) is 1. The third-order valence-electron chi connectivity index (χ3n) is 3.67. The van der Waals surface area contributed by atoms with Crippen LogP contribution in [0.2, 0.25) is 0 Å². The zero-order chi connectivity index (χ0) is 12.1. The summed E-state index contributed by atoms with van der Waals surface area (Å²) >= 11 is 0. The minimum Gasteiger partial charge on any atom is -0.313 e. The summed E-state index contributed by atoms with van der Waals surface area (Å²) < 4.78 is 0. The molecular weight excluding hydrogens is 208 g/mol. The Morgan fingerprint density at radius 3 is 2.82 bits per heavy atom. The van der Waals surface area contributed by atoms with Gasteiger partial charge in [-0.3, -0.25) is 0 Å². The molecule has 0 radical (unpaired) electrons. The third kappa shape index (κ3) is 3.55. The molecule has 1 aromatic rings. The molecule has 1 saturated heterocycles. The molecule has 0 aliphatic carbocycles. The van der Waals surface area contributed by atoms with Gasteiger partial charge < -0.3 is 10.2 Å². The fourth-order valence-corrected chi connectivity index (χ4v) is 2.73. The normalized spacial score (nSPS) is 22.8. The summed E-state index contributed by atoms with van der Waals surface area (Å²) in [6, 6.07) is 11.6. The molecule has 1 fully saturated rings. The van der Waals surface area contributed by atoms with E-state index in [2.05, 4.69) is 54.4 Å². The maximum Gasteiger partial charge on any atom is 0.0207 e. The Morgan fingerprint density at radius 2 is 2.12 bits per heavy atom. The van der Waals surface area contributed by atoms with Gasteiger partial charge in [0.25, 0.3) is 0 Å². The standard InChI is InChI=1S/C15H24N2/c1-3-16-15-9-10-17(12-15)11-13(2)14-7-5-4-6-8-14/h4-8,13,15-16H,3,9-12H2,1-2H3. The summed E-state index contributed by atoms with van der Waals surface area (Å²) in [6.07, 6.45) is 1.30. The summed E-state index contributed by atoms with van der Waals surface area (Å²) in [5, 5.41) is 3.55. The highest BCUT2D eigenvalue weighted by atomic mass is 15.2. The highest BCUT2D eigenvalue weighted by molar-refractivity contribution is 5.19. The van der Waals surface area contributed by atoms with Crippen molar-refractivity contribution in [1.82, 2.24) is 10.2 Å². The molecule has 1 N–H and O–H groups in total. The largest absolute Gasteiger partial charge is 0.313 e. The van der Waals surface area contributed by atoms with Crippen LogP contribution < -0.4 is 5.32 Å². The van der Waals surface area contributed by atoms with E-state index >= 15 is 0 Å². The Kier molecular flexibility index (Phi) is 4.57. The zero-order valence-electron chi connectivity index (χ0n) is 11.0. The van der Waals surface area contributed by atoms with Crippen molar-refractivity contribution in [2.75, 3.05) is 26.2 Å². The van der Waals surface area contributed by atoms with Crippen LogP contribution in [0, 0.1) is 0 Å².